The maximum Gasteiger partial charge on any atom is 0.341 e. The minimum Gasteiger partial charge on any atom is -0.495 e. The number of sulfonamides is 1. The number of methoxy groups -OCH3 is 2. The number of carbonyl (C=O) groups excluding carboxylic acids is 2. The van der Waals surface area contributed by atoms with Crippen molar-refractivity contribution in [3.63, 3.8) is 0 Å². The monoisotopic (exact) mass is 472 g/mol. The Bertz CT molecular complexity index is 1100. The van der Waals surface area contributed by atoms with Crippen molar-refractivity contribution < 1.29 is 27.5 Å². The molecule has 1 N–H and O–H groups in total. The minimum absolute atomic E-state index is 0.143. The molecule has 1 aliphatic rings. The number of fused-ring (bicyclic) bond motifs is 1. The lowest BCUT2D eigenvalue weighted by molar-refractivity contribution is -0.114. The number of ether oxygens (including phenoxy) is 2. The number of rotatable bonds is 7. The molecule has 0 atom stereocenters. The molecule has 8 nitrogen and oxygen atoms in total. The first kappa shape index (κ1) is 22.4. The van der Waals surface area contributed by atoms with Gasteiger partial charge in [0.2, 0.25) is 15.9 Å². The summed E-state index contributed by atoms with van der Waals surface area (Å²) < 4.78 is 35.8. The number of esters is 1. The number of halogens is 1. The highest BCUT2D eigenvalue weighted by Gasteiger charge is 2.30. The Kier molecular flexibility index (Phi) is 6.59. The molecule has 0 aliphatic heterocycles. The lowest BCUT2D eigenvalue weighted by Gasteiger charge is -2.24. The number of nitrogens with zero attached hydrogens (tertiary/aromatic N) is 1. The lowest BCUT2D eigenvalue weighted by atomic mass is 10.1. The van der Waals surface area contributed by atoms with Crippen LogP contribution < -0.4 is 14.4 Å². The number of hydrogen-bond acceptors (Lipinski definition) is 7. The maximum absolute atomic E-state index is 12.8. The summed E-state index contributed by atoms with van der Waals surface area (Å²) in [5.74, 6) is -0.878. The van der Waals surface area contributed by atoms with Crippen LogP contribution in [0.15, 0.2) is 18.2 Å². The van der Waals surface area contributed by atoms with Crippen molar-refractivity contribution in [2.75, 3.05) is 36.6 Å². The van der Waals surface area contributed by atoms with Gasteiger partial charge in [0, 0.05) is 9.90 Å². The van der Waals surface area contributed by atoms with Gasteiger partial charge in [-0.15, -0.1) is 11.3 Å². The molecular weight excluding hydrogens is 452 g/mol. The molecule has 0 spiro atoms. The van der Waals surface area contributed by atoms with Crippen molar-refractivity contribution in [2.45, 2.75) is 19.3 Å². The summed E-state index contributed by atoms with van der Waals surface area (Å²) in [6.07, 6.45) is 3.49. The second kappa shape index (κ2) is 8.83. The van der Waals surface area contributed by atoms with E-state index in [0.29, 0.717) is 15.6 Å². The molecule has 1 heterocycles. The summed E-state index contributed by atoms with van der Waals surface area (Å²) in [5.41, 5.74) is 1.37. The number of aryl methyl sites for hydroxylation is 1. The van der Waals surface area contributed by atoms with Gasteiger partial charge in [-0.25, -0.2) is 13.2 Å². The Morgan fingerprint density at radius 3 is 2.63 bits per heavy atom. The smallest absolute Gasteiger partial charge is 0.341 e. The number of carbonyl (C=O) groups is 2. The van der Waals surface area contributed by atoms with Crippen LogP contribution in [0, 0.1) is 0 Å². The van der Waals surface area contributed by atoms with Gasteiger partial charge in [-0.3, -0.25) is 9.10 Å². The van der Waals surface area contributed by atoms with Crippen LogP contribution in [0.25, 0.3) is 0 Å². The molecule has 1 aromatic carbocycles. The van der Waals surface area contributed by atoms with Crippen molar-refractivity contribution >= 4 is 55.5 Å². The number of hydrogen-bond donors (Lipinski definition) is 1. The highest BCUT2D eigenvalue weighted by atomic mass is 35.5. The molecule has 0 saturated heterocycles. The average Bonchev–Trinajstić information content (AvgIpc) is 3.25. The Morgan fingerprint density at radius 2 is 2.00 bits per heavy atom. The van der Waals surface area contributed by atoms with Gasteiger partial charge in [-0.05, 0) is 43.0 Å². The molecule has 0 unspecified atom stereocenters. The first-order valence-corrected chi connectivity index (χ1v) is 12.0. The highest BCUT2D eigenvalue weighted by Crippen LogP contribution is 2.39. The van der Waals surface area contributed by atoms with Gasteiger partial charge >= 0.3 is 5.97 Å². The molecule has 0 radical (unpaired) electrons. The van der Waals surface area contributed by atoms with Gasteiger partial charge in [-0.1, -0.05) is 11.6 Å². The fourth-order valence-electron chi connectivity index (χ4n) is 3.35. The molecule has 1 aliphatic carbocycles. The summed E-state index contributed by atoms with van der Waals surface area (Å²) >= 11 is 7.34. The molecule has 2 aromatic rings. The highest BCUT2D eigenvalue weighted by molar-refractivity contribution is 7.92. The van der Waals surface area contributed by atoms with E-state index in [0.717, 1.165) is 40.3 Å². The lowest BCUT2D eigenvalue weighted by Crippen LogP contribution is -2.37. The van der Waals surface area contributed by atoms with E-state index in [1.54, 1.807) is 6.07 Å². The average molecular weight is 473 g/mol. The Morgan fingerprint density at radius 1 is 1.27 bits per heavy atom. The number of thiophene rings is 1. The summed E-state index contributed by atoms with van der Waals surface area (Å²) in [5, 5.41) is 3.34. The van der Waals surface area contributed by atoms with E-state index in [2.05, 4.69) is 5.32 Å². The fraction of sp³-hybridized carbons (Fsp3) is 0.368. The van der Waals surface area contributed by atoms with Crippen LogP contribution in [0.5, 0.6) is 5.75 Å². The summed E-state index contributed by atoms with van der Waals surface area (Å²) in [6.45, 7) is -0.515. The third-order valence-electron chi connectivity index (χ3n) is 4.66. The summed E-state index contributed by atoms with van der Waals surface area (Å²) in [6, 6.07) is 4.49. The van der Waals surface area contributed by atoms with Gasteiger partial charge in [-0.2, -0.15) is 0 Å². The van der Waals surface area contributed by atoms with Gasteiger partial charge in [0.15, 0.2) is 0 Å². The molecule has 11 heteroatoms. The van der Waals surface area contributed by atoms with Crippen LogP contribution in [0.4, 0.5) is 10.7 Å². The predicted octanol–water partition coefficient (Wildman–Crippen LogP) is 3.09. The molecule has 30 heavy (non-hydrogen) atoms. The van der Waals surface area contributed by atoms with Crippen LogP contribution in [-0.4, -0.2) is 47.3 Å². The van der Waals surface area contributed by atoms with E-state index in [-0.39, 0.29) is 11.4 Å². The molecule has 1 amide bonds. The second-order valence-corrected chi connectivity index (χ2v) is 10.1. The maximum atomic E-state index is 12.8. The van der Waals surface area contributed by atoms with Crippen LogP contribution in [0.3, 0.4) is 0 Å². The number of benzene rings is 1. The van der Waals surface area contributed by atoms with Crippen LogP contribution in [-0.2, 0) is 32.4 Å². The standard InChI is InChI=1S/C19H21ClN2O6S2/c1-27-14-8-7-11(20)9-13(14)22(30(3,25)26)10-16(23)21-18-17(19(24)28-2)12-5-4-6-15(12)29-18/h7-9H,4-6,10H2,1-3H3,(H,21,23). The number of nitrogens with one attached hydrogen (secondary N) is 1. The Balaban J connectivity index is 1.91. The third-order valence-corrected chi connectivity index (χ3v) is 7.23. The zero-order valence-corrected chi connectivity index (χ0v) is 19.0. The zero-order chi connectivity index (χ0) is 22.1. The molecule has 0 fully saturated rings. The molecule has 0 bridgehead atoms. The van der Waals surface area contributed by atoms with E-state index in [1.165, 1.54) is 37.7 Å². The van der Waals surface area contributed by atoms with Crippen LogP contribution in [0.2, 0.25) is 5.02 Å². The van der Waals surface area contributed by atoms with Crippen LogP contribution >= 0.6 is 22.9 Å². The Hall–Kier alpha value is -2.30. The van der Waals surface area contributed by atoms with Gasteiger partial charge in [0.25, 0.3) is 0 Å². The minimum atomic E-state index is -3.84. The van der Waals surface area contributed by atoms with E-state index >= 15 is 0 Å². The van der Waals surface area contributed by atoms with Crippen molar-refractivity contribution in [1.29, 1.82) is 0 Å². The Labute approximate surface area is 183 Å². The summed E-state index contributed by atoms with van der Waals surface area (Å²) in [4.78, 5) is 26.1. The van der Waals surface area contributed by atoms with Crippen molar-refractivity contribution in [2.24, 2.45) is 0 Å². The quantitative estimate of drug-likeness (QED) is 0.621. The molecule has 1 aromatic heterocycles. The zero-order valence-electron chi connectivity index (χ0n) is 16.7. The fourth-order valence-corrected chi connectivity index (χ4v) is 5.66. The predicted molar refractivity (Wildman–Crippen MR) is 117 cm³/mol. The van der Waals surface area contributed by atoms with Gasteiger partial charge < -0.3 is 14.8 Å². The number of amides is 1. The molecule has 3 rings (SSSR count). The molecule has 0 saturated carbocycles. The van der Waals surface area contributed by atoms with E-state index < -0.39 is 28.4 Å². The SMILES string of the molecule is COC(=O)c1c(NC(=O)CN(c2cc(Cl)ccc2OC)S(C)(=O)=O)sc2c1CCC2. The normalized spacial score (nSPS) is 12.9. The van der Waals surface area contributed by atoms with Crippen molar-refractivity contribution in [3.05, 3.63) is 39.2 Å². The third kappa shape index (κ3) is 4.55. The van der Waals surface area contributed by atoms with Crippen LogP contribution in [0.1, 0.15) is 27.2 Å². The molecular formula is C19H21ClN2O6S2. The van der Waals surface area contributed by atoms with E-state index in [1.807, 2.05) is 0 Å². The second-order valence-electron chi connectivity index (χ2n) is 6.69. The van der Waals surface area contributed by atoms with Crippen molar-refractivity contribution in [3.8, 4) is 5.75 Å². The topological polar surface area (TPSA) is 102 Å². The molecule has 162 valence electrons. The van der Waals surface area contributed by atoms with Gasteiger partial charge in [0.1, 0.15) is 17.3 Å². The van der Waals surface area contributed by atoms with Crippen molar-refractivity contribution in [1.82, 2.24) is 0 Å². The summed E-state index contributed by atoms with van der Waals surface area (Å²) in [7, 11) is -1.16. The van der Waals surface area contributed by atoms with Gasteiger partial charge in [0.05, 0.1) is 31.7 Å². The largest absolute Gasteiger partial charge is 0.495 e. The van der Waals surface area contributed by atoms with E-state index in [4.69, 9.17) is 21.1 Å². The first-order chi connectivity index (χ1) is 14.2. The number of anilines is 2. The van der Waals surface area contributed by atoms with E-state index in [9.17, 15) is 18.0 Å². The first-order valence-electron chi connectivity index (χ1n) is 8.99.